The molecule has 2 aromatic carbocycles. The van der Waals surface area contributed by atoms with Gasteiger partial charge in [-0.1, -0.05) is 30.3 Å². The number of aromatic nitrogens is 1. The number of pyridine rings is 1. The SMILES string of the molecule is O=C(Nc1ccccn1)c1ccccc1OCc1cccc(F)c1. The number of amides is 1. The zero-order chi connectivity index (χ0) is 16.8. The molecule has 0 fully saturated rings. The van der Waals surface area contributed by atoms with E-state index in [4.69, 9.17) is 4.74 Å². The molecule has 1 N–H and O–H groups in total. The van der Waals surface area contributed by atoms with Crippen molar-refractivity contribution < 1.29 is 13.9 Å². The zero-order valence-corrected chi connectivity index (χ0v) is 12.8. The first-order valence-corrected chi connectivity index (χ1v) is 7.41. The molecule has 1 amide bonds. The van der Waals surface area contributed by atoms with Crippen LogP contribution in [0.2, 0.25) is 0 Å². The van der Waals surface area contributed by atoms with Crippen LogP contribution < -0.4 is 10.1 Å². The van der Waals surface area contributed by atoms with Crippen LogP contribution in [-0.2, 0) is 6.61 Å². The molecule has 0 unspecified atom stereocenters. The molecule has 1 heterocycles. The van der Waals surface area contributed by atoms with Crippen molar-refractivity contribution in [2.24, 2.45) is 0 Å². The topological polar surface area (TPSA) is 51.2 Å². The van der Waals surface area contributed by atoms with Gasteiger partial charge in [0.2, 0.25) is 0 Å². The standard InChI is InChI=1S/C19H15FN2O2/c20-15-7-5-6-14(12-15)13-24-17-9-2-1-8-16(17)19(23)22-18-10-3-4-11-21-18/h1-12H,13H2,(H,21,22,23). The van der Waals surface area contributed by atoms with E-state index in [9.17, 15) is 9.18 Å². The van der Waals surface area contributed by atoms with Crippen molar-refractivity contribution in [3.05, 3.63) is 89.9 Å². The number of benzene rings is 2. The van der Waals surface area contributed by atoms with E-state index in [1.165, 1.54) is 12.1 Å². The molecule has 5 heteroatoms. The summed E-state index contributed by atoms with van der Waals surface area (Å²) in [4.78, 5) is 16.5. The van der Waals surface area contributed by atoms with E-state index < -0.39 is 0 Å². The largest absolute Gasteiger partial charge is 0.488 e. The maximum atomic E-state index is 13.2. The molecule has 0 radical (unpaired) electrons. The third-order valence-electron chi connectivity index (χ3n) is 3.32. The fraction of sp³-hybridized carbons (Fsp3) is 0.0526. The number of para-hydroxylation sites is 1. The predicted octanol–water partition coefficient (Wildman–Crippen LogP) is 4.05. The van der Waals surface area contributed by atoms with Crippen molar-refractivity contribution in [1.29, 1.82) is 0 Å². The van der Waals surface area contributed by atoms with E-state index in [1.807, 2.05) is 0 Å². The Labute approximate surface area is 138 Å². The monoisotopic (exact) mass is 322 g/mol. The lowest BCUT2D eigenvalue weighted by Crippen LogP contribution is -2.14. The number of ether oxygens (including phenoxy) is 1. The summed E-state index contributed by atoms with van der Waals surface area (Å²) in [5.41, 5.74) is 1.08. The lowest BCUT2D eigenvalue weighted by Gasteiger charge is -2.11. The number of carbonyl (C=O) groups excluding carboxylic acids is 1. The summed E-state index contributed by atoms with van der Waals surface area (Å²) < 4.78 is 18.9. The van der Waals surface area contributed by atoms with Crippen LogP contribution in [0.3, 0.4) is 0 Å². The fourth-order valence-corrected chi connectivity index (χ4v) is 2.19. The van der Waals surface area contributed by atoms with Crippen LogP contribution in [0.1, 0.15) is 15.9 Å². The van der Waals surface area contributed by atoms with E-state index >= 15 is 0 Å². The lowest BCUT2D eigenvalue weighted by molar-refractivity contribution is 0.102. The third kappa shape index (κ3) is 3.95. The first-order valence-electron chi connectivity index (χ1n) is 7.41. The van der Waals surface area contributed by atoms with Crippen LogP contribution in [0.4, 0.5) is 10.2 Å². The quantitative estimate of drug-likeness (QED) is 0.771. The highest BCUT2D eigenvalue weighted by molar-refractivity contribution is 6.05. The van der Waals surface area contributed by atoms with E-state index in [-0.39, 0.29) is 18.3 Å². The number of carbonyl (C=O) groups is 1. The van der Waals surface area contributed by atoms with Crippen LogP contribution in [0.15, 0.2) is 72.9 Å². The molecule has 4 nitrogen and oxygen atoms in total. The molecular weight excluding hydrogens is 307 g/mol. The van der Waals surface area contributed by atoms with Crippen molar-refractivity contribution in [1.82, 2.24) is 4.98 Å². The van der Waals surface area contributed by atoms with Crippen LogP contribution >= 0.6 is 0 Å². The lowest BCUT2D eigenvalue weighted by atomic mass is 10.2. The Morgan fingerprint density at radius 3 is 2.67 bits per heavy atom. The van der Waals surface area contributed by atoms with Gasteiger partial charge in [-0.3, -0.25) is 4.79 Å². The average Bonchev–Trinajstić information content (AvgIpc) is 2.61. The van der Waals surface area contributed by atoms with Crippen molar-refractivity contribution >= 4 is 11.7 Å². The minimum Gasteiger partial charge on any atom is -0.488 e. The predicted molar refractivity (Wildman–Crippen MR) is 89.4 cm³/mol. The molecule has 3 aromatic rings. The minimum atomic E-state index is -0.322. The normalized spacial score (nSPS) is 10.2. The first kappa shape index (κ1) is 15.7. The van der Waals surface area contributed by atoms with E-state index in [2.05, 4.69) is 10.3 Å². The van der Waals surface area contributed by atoms with Gasteiger partial charge in [0.25, 0.3) is 5.91 Å². The van der Waals surface area contributed by atoms with Gasteiger partial charge in [-0.2, -0.15) is 0 Å². The summed E-state index contributed by atoms with van der Waals surface area (Å²) in [6.07, 6.45) is 1.60. The molecule has 0 bridgehead atoms. The molecule has 0 aliphatic rings. The second-order valence-corrected chi connectivity index (χ2v) is 5.08. The number of halogens is 1. The summed E-state index contributed by atoms with van der Waals surface area (Å²) in [6.45, 7) is 0.172. The van der Waals surface area contributed by atoms with Crippen molar-refractivity contribution in [2.75, 3.05) is 5.32 Å². The minimum absolute atomic E-state index is 0.172. The Morgan fingerprint density at radius 1 is 1.04 bits per heavy atom. The number of nitrogens with one attached hydrogen (secondary N) is 1. The van der Waals surface area contributed by atoms with E-state index in [0.29, 0.717) is 22.7 Å². The Hall–Kier alpha value is -3.21. The summed E-state index contributed by atoms with van der Waals surface area (Å²) in [5.74, 6) is 0.249. The van der Waals surface area contributed by atoms with Gasteiger partial charge >= 0.3 is 0 Å². The first-order chi connectivity index (χ1) is 11.7. The van der Waals surface area contributed by atoms with E-state index in [1.54, 1.807) is 60.8 Å². The Balaban J connectivity index is 1.74. The fourth-order valence-electron chi connectivity index (χ4n) is 2.19. The molecule has 0 saturated heterocycles. The molecule has 0 aliphatic heterocycles. The molecule has 0 aliphatic carbocycles. The highest BCUT2D eigenvalue weighted by Gasteiger charge is 2.13. The molecule has 0 saturated carbocycles. The second kappa shape index (κ2) is 7.37. The van der Waals surface area contributed by atoms with Gasteiger partial charge in [0.15, 0.2) is 0 Å². The van der Waals surface area contributed by atoms with Crippen molar-refractivity contribution in [3.63, 3.8) is 0 Å². The molecule has 1 aromatic heterocycles. The molecular formula is C19H15FN2O2. The molecule has 0 atom stereocenters. The number of hydrogen-bond acceptors (Lipinski definition) is 3. The Bertz CT molecular complexity index is 838. The van der Waals surface area contributed by atoms with E-state index in [0.717, 1.165) is 0 Å². The highest BCUT2D eigenvalue weighted by Crippen LogP contribution is 2.20. The summed E-state index contributed by atoms with van der Waals surface area (Å²) in [6, 6.07) is 18.3. The van der Waals surface area contributed by atoms with Gasteiger partial charge in [-0.05, 0) is 42.0 Å². The van der Waals surface area contributed by atoms with Gasteiger partial charge in [-0.25, -0.2) is 9.37 Å². The van der Waals surface area contributed by atoms with Crippen LogP contribution in [0.25, 0.3) is 0 Å². The van der Waals surface area contributed by atoms with Crippen LogP contribution in [0, 0.1) is 5.82 Å². The smallest absolute Gasteiger partial charge is 0.260 e. The average molecular weight is 322 g/mol. The maximum Gasteiger partial charge on any atom is 0.260 e. The molecule has 24 heavy (non-hydrogen) atoms. The Kier molecular flexibility index (Phi) is 4.81. The van der Waals surface area contributed by atoms with Crippen molar-refractivity contribution in [2.45, 2.75) is 6.61 Å². The molecule has 0 spiro atoms. The van der Waals surface area contributed by atoms with Crippen molar-refractivity contribution in [3.8, 4) is 5.75 Å². The van der Waals surface area contributed by atoms with Gasteiger partial charge in [0, 0.05) is 6.20 Å². The highest BCUT2D eigenvalue weighted by atomic mass is 19.1. The maximum absolute atomic E-state index is 13.2. The number of anilines is 1. The number of rotatable bonds is 5. The zero-order valence-electron chi connectivity index (χ0n) is 12.8. The van der Waals surface area contributed by atoms with Crippen LogP contribution in [-0.4, -0.2) is 10.9 Å². The Morgan fingerprint density at radius 2 is 1.88 bits per heavy atom. The summed E-state index contributed by atoms with van der Waals surface area (Å²) in [7, 11) is 0. The number of hydrogen-bond donors (Lipinski definition) is 1. The van der Waals surface area contributed by atoms with Gasteiger partial charge in [-0.15, -0.1) is 0 Å². The van der Waals surface area contributed by atoms with Gasteiger partial charge < -0.3 is 10.1 Å². The molecule has 120 valence electrons. The van der Waals surface area contributed by atoms with Crippen LogP contribution in [0.5, 0.6) is 5.75 Å². The summed E-state index contributed by atoms with van der Waals surface area (Å²) >= 11 is 0. The number of nitrogens with zero attached hydrogens (tertiary/aromatic N) is 1. The van der Waals surface area contributed by atoms with Gasteiger partial charge in [0.1, 0.15) is 24.0 Å². The molecule has 3 rings (SSSR count). The van der Waals surface area contributed by atoms with Gasteiger partial charge in [0.05, 0.1) is 5.56 Å². The summed E-state index contributed by atoms with van der Waals surface area (Å²) in [5, 5.41) is 2.72. The third-order valence-corrected chi connectivity index (χ3v) is 3.32. The second-order valence-electron chi connectivity index (χ2n) is 5.08.